The number of likely N-dealkylation sites (N-methyl/N-ethyl adjacent to an activating group) is 1. The van der Waals surface area contributed by atoms with Gasteiger partial charge in [-0.25, -0.2) is 0 Å². The van der Waals surface area contributed by atoms with Crippen LogP contribution in [0.15, 0.2) is 18.2 Å². The maximum absolute atomic E-state index is 10.9. The van der Waals surface area contributed by atoms with Crippen molar-refractivity contribution in [2.24, 2.45) is 0 Å². The smallest absolute Gasteiger partial charge is 0.317 e. The number of carboxylic acids is 1. The van der Waals surface area contributed by atoms with E-state index in [0.717, 1.165) is 39.0 Å². The number of aliphatic carboxylic acids is 1. The summed E-state index contributed by atoms with van der Waals surface area (Å²) in [6, 6.07) is 5.57. The molecular formula is C17H24Cl2N2O3. The van der Waals surface area contributed by atoms with Crippen LogP contribution in [0.3, 0.4) is 0 Å². The second-order valence-electron chi connectivity index (χ2n) is 5.95. The zero-order valence-corrected chi connectivity index (χ0v) is 15.4. The molecule has 7 heteroatoms. The van der Waals surface area contributed by atoms with Gasteiger partial charge >= 0.3 is 5.97 Å². The number of likely N-dealkylation sites (tertiary alicyclic amines) is 1. The van der Waals surface area contributed by atoms with Crippen LogP contribution in [-0.2, 0) is 4.79 Å². The lowest BCUT2D eigenvalue weighted by molar-refractivity contribution is -0.139. The summed E-state index contributed by atoms with van der Waals surface area (Å²) in [6.45, 7) is 6.22. The molecule has 5 nitrogen and oxygen atoms in total. The Morgan fingerprint density at radius 1 is 1.38 bits per heavy atom. The predicted molar refractivity (Wildman–Crippen MR) is 96.3 cm³/mol. The van der Waals surface area contributed by atoms with E-state index in [4.69, 9.17) is 33.0 Å². The van der Waals surface area contributed by atoms with Crippen LogP contribution in [0.2, 0.25) is 10.0 Å². The molecule has 0 amide bonds. The zero-order chi connectivity index (χ0) is 17.5. The highest BCUT2D eigenvalue weighted by Crippen LogP contribution is 2.27. The van der Waals surface area contributed by atoms with Gasteiger partial charge in [0.1, 0.15) is 12.4 Å². The van der Waals surface area contributed by atoms with Crippen LogP contribution in [0, 0.1) is 0 Å². The first-order valence-electron chi connectivity index (χ1n) is 8.25. The summed E-state index contributed by atoms with van der Waals surface area (Å²) >= 11 is 12.0. The predicted octanol–water partition coefficient (Wildman–Crippen LogP) is 3.24. The van der Waals surface area contributed by atoms with Gasteiger partial charge in [0.05, 0.1) is 11.6 Å². The standard InChI is InChI=1S/C17H24Cl2N2O3/c1-2-21(12-17(22)23)14-5-7-20(8-6-14)9-10-24-16-4-3-13(18)11-15(16)19/h3-4,11,14H,2,5-10,12H2,1H3,(H,22,23). The highest BCUT2D eigenvalue weighted by molar-refractivity contribution is 6.35. The summed E-state index contributed by atoms with van der Waals surface area (Å²) < 4.78 is 5.72. The lowest BCUT2D eigenvalue weighted by Gasteiger charge is -2.37. The van der Waals surface area contributed by atoms with Crippen LogP contribution in [0.5, 0.6) is 5.75 Å². The van der Waals surface area contributed by atoms with Gasteiger partial charge in [0.25, 0.3) is 0 Å². The first kappa shape index (κ1) is 19.3. The third-order valence-corrected chi connectivity index (χ3v) is 4.91. The molecule has 0 radical (unpaired) electrons. The average Bonchev–Trinajstić information content (AvgIpc) is 2.55. The molecule has 1 aromatic rings. The van der Waals surface area contributed by atoms with E-state index in [2.05, 4.69) is 4.90 Å². The third-order valence-electron chi connectivity index (χ3n) is 4.38. The Labute approximate surface area is 153 Å². The number of carboxylic acid groups (broad SMARTS) is 1. The molecule has 2 rings (SSSR count). The van der Waals surface area contributed by atoms with E-state index in [9.17, 15) is 4.79 Å². The highest BCUT2D eigenvalue weighted by atomic mass is 35.5. The van der Waals surface area contributed by atoms with Gasteiger partial charge in [-0.05, 0) is 50.7 Å². The molecule has 1 N–H and O–H groups in total. The molecule has 1 aromatic carbocycles. The van der Waals surface area contributed by atoms with E-state index in [0.29, 0.717) is 28.4 Å². The molecule has 0 atom stereocenters. The number of benzene rings is 1. The van der Waals surface area contributed by atoms with Gasteiger partial charge < -0.3 is 9.84 Å². The van der Waals surface area contributed by atoms with Crippen LogP contribution in [0.4, 0.5) is 0 Å². The monoisotopic (exact) mass is 374 g/mol. The van der Waals surface area contributed by atoms with Crippen LogP contribution < -0.4 is 4.74 Å². The van der Waals surface area contributed by atoms with Crippen molar-refractivity contribution in [3.05, 3.63) is 28.2 Å². The first-order chi connectivity index (χ1) is 11.5. The molecule has 24 heavy (non-hydrogen) atoms. The van der Waals surface area contributed by atoms with E-state index < -0.39 is 5.97 Å². The molecule has 0 unspecified atom stereocenters. The summed E-state index contributed by atoms with van der Waals surface area (Å²) in [6.07, 6.45) is 1.98. The third kappa shape index (κ3) is 5.81. The van der Waals surface area contributed by atoms with E-state index in [1.54, 1.807) is 18.2 Å². The van der Waals surface area contributed by atoms with Crippen molar-refractivity contribution in [1.29, 1.82) is 0 Å². The second-order valence-corrected chi connectivity index (χ2v) is 6.80. The van der Waals surface area contributed by atoms with E-state index in [1.165, 1.54) is 0 Å². The maximum Gasteiger partial charge on any atom is 0.317 e. The number of hydrogen-bond acceptors (Lipinski definition) is 4. The number of nitrogens with zero attached hydrogens (tertiary/aromatic N) is 2. The van der Waals surface area contributed by atoms with Crippen molar-refractivity contribution < 1.29 is 14.6 Å². The Hall–Kier alpha value is -1.01. The molecule has 134 valence electrons. The average molecular weight is 375 g/mol. The molecule has 0 spiro atoms. The van der Waals surface area contributed by atoms with Crippen molar-refractivity contribution in [3.8, 4) is 5.75 Å². The minimum atomic E-state index is -0.757. The summed E-state index contributed by atoms with van der Waals surface area (Å²) in [5, 5.41) is 10.1. The van der Waals surface area contributed by atoms with Gasteiger partial charge in [-0.3, -0.25) is 14.6 Å². The lowest BCUT2D eigenvalue weighted by atomic mass is 10.0. The van der Waals surface area contributed by atoms with Crippen LogP contribution >= 0.6 is 23.2 Å². The molecule has 1 aliphatic heterocycles. The summed E-state index contributed by atoms with van der Waals surface area (Å²) in [4.78, 5) is 15.3. The topological polar surface area (TPSA) is 53.0 Å². The van der Waals surface area contributed by atoms with Gasteiger partial charge in [0.2, 0.25) is 0 Å². The minimum absolute atomic E-state index is 0.124. The molecule has 1 heterocycles. The number of halogens is 2. The van der Waals surface area contributed by atoms with Crippen molar-refractivity contribution in [2.45, 2.75) is 25.8 Å². The molecule has 1 aliphatic rings. The molecule has 1 fully saturated rings. The van der Waals surface area contributed by atoms with E-state index >= 15 is 0 Å². The van der Waals surface area contributed by atoms with Gasteiger partial charge in [-0.1, -0.05) is 30.1 Å². The van der Waals surface area contributed by atoms with Crippen LogP contribution in [0.25, 0.3) is 0 Å². The van der Waals surface area contributed by atoms with Crippen molar-refractivity contribution in [1.82, 2.24) is 9.80 Å². The van der Waals surface area contributed by atoms with Gasteiger partial charge in [0, 0.05) is 17.6 Å². The van der Waals surface area contributed by atoms with Crippen molar-refractivity contribution in [2.75, 3.05) is 39.3 Å². The van der Waals surface area contributed by atoms with E-state index in [-0.39, 0.29) is 6.54 Å². The Kier molecular flexibility index (Phi) is 7.62. The molecule has 0 saturated carbocycles. The molecule has 0 bridgehead atoms. The summed E-state index contributed by atoms with van der Waals surface area (Å²) in [5.74, 6) is -0.109. The fraction of sp³-hybridized carbons (Fsp3) is 0.588. The van der Waals surface area contributed by atoms with E-state index in [1.807, 2.05) is 11.8 Å². The fourth-order valence-corrected chi connectivity index (χ4v) is 3.52. The zero-order valence-electron chi connectivity index (χ0n) is 13.9. The fourth-order valence-electron chi connectivity index (χ4n) is 3.06. The molecule has 0 aromatic heterocycles. The maximum atomic E-state index is 10.9. The highest BCUT2D eigenvalue weighted by Gasteiger charge is 2.24. The van der Waals surface area contributed by atoms with Crippen molar-refractivity contribution in [3.63, 3.8) is 0 Å². The number of hydrogen-bond donors (Lipinski definition) is 1. The Balaban J connectivity index is 1.72. The number of rotatable bonds is 8. The number of piperidine rings is 1. The van der Waals surface area contributed by atoms with Gasteiger partial charge in [-0.2, -0.15) is 0 Å². The first-order valence-corrected chi connectivity index (χ1v) is 9.01. The number of ether oxygens (including phenoxy) is 1. The largest absolute Gasteiger partial charge is 0.491 e. The second kappa shape index (κ2) is 9.47. The Morgan fingerprint density at radius 2 is 2.08 bits per heavy atom. The van der Waals surface area contributed by atoms with Gasteiger partial charge in [0.15, 0.2) is 0 Å². The van der Waals surface area contributed by atoms with Crippen molar-refractivity contribution >= 4 is 29.2 Å². The molecular weight excluding hydrogens is 351 g/mol. The normalized spacial score (nSPS) is 16.5. The van der Waals surface area contributed by atoms with Gasteiger partial charge in [-0.15, -0.1) is 0 Å². The lowest BCUT2D eigenvalue weighted by Crippen LogP contribution is -2.47. The Bertz CT molecular complexity index is 549. The molecule has 0 aliphatic carbocycles. The SMILES string of the molecule is CCN(CC(=O)O)C1CCN(CCOc2ccc(Cl)cc2Cl)CC1. The Morgan fingerprint density at radius 3 is 2.67 bits per heavy atom. The quantitative estimate of drug-likeness (QED) is 0.756. The summed E-state index contributed by atoms with van der Waals surface area (Å²) in [7, 11) is 0. The minimum Gasteiger partial charge on any atom is -0.491 e. The van der Waals surface area contributed by atoms with Crippen LogP contribution in [0.1, 0.15) is 19.8 Å². The summed E-state index contributed by atoms with van der Waals surface area (Å²) in [5.41, 5.74) is 0. The number of carbonyl (C=O) groups is 1. The van der Waals surface area contributed by atoms with Crippen LogP contribution in [-0.4, -0.2) is 66.2 Å². The molecule has 1 saturated heterocycles.